The van der Waals surface area contributed by atoms with Gasteiger partial charge in [-0.25, -0.2) is 0 Å². The van der Waals surface area contributed by atoms with Crippen molar-refractivity contribution in [3.8, 4) is 0 Å². The lowest BCUT2D eigenvalue weighted by Gasteiger charge is -2.24. The highest BCUT2D eigenvalue weighted by molar-refractivity contribution is 7.98. The Morgan fingerprint density at radius 2 is 1.79 bits per heavy atom. The quantitative estimate of drug-likeness (QED) is 0.708. The molecule has 0 aromatic heterocycles. The Balaban J connectivity index is 1.49. The normalized spacial score (nSPS) is 15.9. The lowest BCUT2D eigenvalue weighted by Crippen LogP contribution is -2.33. The van der Waals surface area contributed by atoms with Gasteiger partial charge in [0.05, 0.1) is 0 Å². The minimum absolute atomic E-state index is 0.00585. The Bertz CT molecular complexity index is 886. The van der Waals surface area contributed by atoms with Crippen LogP contribution in [-0.2, 0) is 6.54 Å². The standard InChI is InChI=1S/C23H26N2O2S/c1-15-3-12-20(28-2)13-21(15)23(27)25(19-10-11-19)14-16-4-6-17(7-5-16)22(26)24-18-8-9-18/h3-7,12-13,18-19H,8-11,14H2,1-2H3,(H,24,26). The Morgan fingerprint density at radius 1 is 1.07 bits per heavy atom. The fourth-order valence-corrected chi connectivity index (χ4v) is 3.76. The molecule has 0 radical (unpaired) electrons. The number of nitrogens with one attached hydrogen (secondary N) is 1. The number of nitrogens with zero attached hydrogens (tertiary/aromatic N) is 1. The largest absolute Gasteiger partial charge is 0.349 e. The van der Waals surface area contributed by atoms with Crippen molar-refractivity contribution in [2.24, 2.45) is 0 Å². The summed E-state index contributed by atoms with van der Waals surface area (Å²) >= 11 is 1.65. The van der Waals surface area contributed by atoms with Crippen LogP contribution >= 0.6 is 11.8 Å². The van der Waals surface area contributed by atoms with E-state index < -0.39 is 0 Å². The first kappa shape index (κ1) is 19.1. The molecule has 2 aromatic rings. The first-order valence-electron chi connectivity index (χ1n) is 9.90. The summed E-state index contributed by atoms with van der Waals surface area (Å²) in [5.74, 6) is 0.0973. The van der Waals surface area contributed by atoms with Crippen molar-refractivity contribution in [1.29, 1.82) is 0 Å². The van der Waals surface area contributed by atoms with Crippen molar-refractivity contribution in [3.63, 3.8) is 0 Å². The topological polar surface area (TPSA) is 49.4 Å². The summed E-state index contributed by atoms with van der Waals surface area (Å²) in [7, 11) is 0. The molecule has 2 fully saturated rings. The zero-order chi connectivity index (χ0) is 19.7. The number of aryl methyl sites for hydroxylation is 1. The van der Waals surface area contributed by atoms with Gasteiger partial charge >= 0.3 is 0 Å². The molecule has 0 heterocycles. The Hall–Kier alpha value is -2.27. The average molecular weight is 395 g/mol. The van der Waals surface area contributed by atoms with E-state index in [0.717, 1.165) is 47.3 Å². The number of thioether (sulfide) groups is 1. The fraction of sp³-hybridized carbons (Fsp3) is 0.391. The lowest BCUT2D eigenvalue weighted by molar-refractivity contribution is 0.0728. The molecule has 28 heavy (non-hydrogen) atoms. The number of carbonyl (C=O) groups excluding carboxylic acids is 2. The van der Waals surface area contributed by atoms with Crippen molar-refractivity contribution in [2.45, 2.75) is 56.1 Å². The maximum absolute atomic E-state index is 13.3. The Morgan fingerprint density at radius 3 is 2.39 bits per heavy atom. The number of amides is 2. The second kappa shape index (κ2) is 8.00. The average Bonchev–Trinajstić information content (AvgIpc) is 3.61. The molecule has 0 unspecified atom stereocenters. The van der Waals surface area contributed by atoms with Gasteiger partial charge < -0.3 is 10.2 Å². The van der Waals surface area contributed by atoms with Gasteiger partial charge in [0.25, 0.3) is 11.8 Å². The SMILES string of the molecule is CSc1ccc(C)c(C(=O)N(Cc2ccc(C(=O)NC3CC3)cc2)C2CC2)c1. The highest BCUT2D eigenvalue weighted by atomic mass is 32.2. The maximum atomic E-state index is 13.3. The minimum Gasteiger partial charge on any atom is -0.349 e. The molecule has 0 aliphatic heterocycles. The molecule has 5 heteroatoms. The molecule has 2 amide bonds. The van der Waals surface area contributed by atoms with E-state index >= 15 is 0 Å². The highest BCUT2D eigenvalue weighted by Gasteiger charge is 2.33. The third kappa shape index (κ3) is 4.41. The maximum Gasteiger partial charge on any atom is 0.254 e. The molecule has 2 aromatic carbocycles. The Kier molecular flexibility index (Phi) is 5.44. The molecule has 0 spiro atoms. The summed E-state index contributed by atoms with van der Waals surface area (Å²) in [4.78, 5) is 28.5. The van der Waals surface area contributed by atoms with Gasteiger partial charge in [0, 0.05) is 34.7 Å². The van der Waals surface area contributed by atoms with Crippen molar-refractivity contribution in [2.75, 3.05) is 6.26 Å². The zero-order valence-electron chi connectivity index (χ0n) is 16.4. The van der Waals surface area contributed by atoms with Gasteiger partial charge in [-0.05, 0) is 74.3 Å². The van der Waals surface area contributed by atoms with Crippen LogP contribution in [0.25, 0.3) is 0 Å². The van der Waals surface area contributed by atoms with Gasteiger partial charge in [-0.3, -0.25) is 9.59 Å². The molecule has 1 N–H and O–H groups in total. The van der Waals surface area contributed by atoms with Crippen LogP contribution in [0.1, 0.15) is 57.5 Å². The third-order valence-electron chi connectivity index (χ3n) is 5.41. The molecule has 0 atom stereocenters. The second-order valence-electron chi connectivity index (χ2n) is 7.79. The molecule has 0 bridgehead atoms. The molecule has 146 valence electrons. The van der Waals surface area contributed by atoms with E-state index in [9.17, 15) is 9.59 Å². The molecule has 0 saturated heterocycles. The molecule has 4 rings (SSSR count). The molecular weight excluding hydrogens is 368 g/mol. The number of carbonyl (C=O) groups is 2. The van der Waals surface area contributed by atoms with E-state index in [2.05, 4.69) is 11.4 Å². The summed E-state index contributed by atoms with van der Waals surface area (Å²) < 4.78 is 0. The fourth-order valence-electron chi connectivity index (χ4n) is 3.32. The predicted molar refractivity (Wildman–Crippen MR) is 113 cm³/mol. The van der Waals surface area contributed by atoms with Crippen LogP contribution in [0.2, 0.25) is 0 Å². The van der Waals surface area contributed by atoms with Gasteiger partial charge in [0.15, 0.2) is 0 Å². The smallest absolute Gasteiger partial charge is 0.254 e. The van der Waals surface area contributed by atoms with Crippen LogP contribution in [0.15, 0.2) is 47.4 Å². The lowest BCUT2D eigenvalue weighted by atomic mass is 10.1. The summed E-state index contributed by atoms with van der Waals surface area (Å²) in [5, 5.41) is 3.01. The summed E-state index contributed by atoms with van der Waals surface area (Å²) in [5.41, 5.74) is 3.55. The zero-order valence-corrected chi connectivity index (χ0v) is 17.2. The second-order valence-corrected chi connectivity index (χ2v) is 8.67. The van der Waals surface area contributed by atoms with Crippen molar-refractivity contribution >= 4 is 23.6 Å². The summed E-state index contributed by atoms with van der Waals surface area (Å²) in [6.07, 6.45) is 6.32. The minimum atomic E-state index is -0.00585. The number of rotatable bonds is 7. The number of hydrogen-bond acceptors (Lipinski definition) is 3. The Labute approximate surface area is 170 Å². The monoisotopic (exact) mass is 394 g/mol. The van der Waals surface area contributed by atoms with Crippen molar-refractivity contribution in [3.05, 3.63) is 64.7 Å². The molecular formula is C23H26N2O2S. The van der Waals surface area contributed by atoms with E-state index in [1.54, 1.807) is 11.8 Å². The van der Waals surface area contributed by atoms with E-state index in [1.807, 2.05) is 54.5 Å². The number of benzene rings is 2. The van der Waals surface area contributed by atoms with E-state index in [0.29, 0.717) is 24.2 Å². The van der Waals surface area contributed by atoms with Crippen molar-refractivity contribution in [1.82, 2.24) is 10.2 Å². The van der Waals surface area contributed by atoms with Gasteiger partial charge in [-0.1, -0.05) is 18.2 Å². The van der Waals surface area contributed by atoms with Gasteiger partial charge in [0.1, 0.15) is 0 Å². The van der Waals surface area contributed by atoms with E-state index in [1.165, 1.54) is 0 Å². The van der Waals surface area contributed by atoms with E-state index in [-0.39, 0.29) is 11.8 Å². The van der Waals surface area contributed by atoms with Crippen LogP contribution in [0.4, 0.5) is 0 Å². The van der Waals surface area contributed by atoms with E-state index in [4.69, 9.17) is 0 Å². The molecule has 2 saturated carbocycles. The highest BCUT2D eigenvalue weighted by Crippen LogP contribution is 2.31. The number of hydrogen-bond donors (Lipinski definition) is 1. The van der Waals surface area contributed by atoms with Crippen LogP contribution in [0.5, 0.6) is 0 Å². The third-order valence-corrected chi connectivity index (χ3v) is 6.13. The molecule has 2 aliphatic rings. The molecule has 4 nitrogen and oxygen atoms in total. The molecule has 2 aliphatic carbocycles. The summed E-state index contributed by atoms with van der Waals surface area (Å²) in [6, 6.07) is 14.4. The van der Waals surface area contributed by atoms with Crippen LogP contribution in [0.3, 0.4) is 0 Å². The van der Waals surface area contributed by atoms with Crippen LogP contribution in [0, 0.1) is 6.92 Å². The van der Waals surface area contributed by atoms with Gasteiger partial charge in [-0.15, -0.1) is 11.8 Å². The van der Waals surface area contributed by atoms with Gasteiger partial charge in [-0.2, -0.15) is 0 Å². The van der Waals surface area contributed by atoms with Crippen molar-refractivity contribution < 1.29 is 9.59 Å². The van der Waals surface area contributed by atoms with Crippen LogP contribution in [-0.4, -0.2) is 35.1 Å². The first-order valence-corrected chi connectivity index (χ1v) is 11.1. The first-order chi connectivity index (χ1) is 13.5. The predicted octanol–water partition coefficient (Wildman–Crippen LogP) is 4.41. The summed E-state index contributed by atoms with van der Waals surface area (Å²) in [6.45, 7) is 2.58. The van der Waals surface area contributed by atoms with Gasteiger partial charge in [0.2, 0.25) is 0 Å². The van der Waals surface area contributed by atoms with Crippen LogP contribution < -0.4 is 5.32 Å².